The van der Waals surface area contributed by atoms with Crippen LogP contribution in [0.25, 0.3) is 0 Å². The first-order valence-electron chi connectivity index (χ1n) is 5.61. The van der Waals surface area contributed by atoms with Crippen LogP contribution in [-0.4, -0.2) is 30.3 Å². The molecule has 2 unspecified atom stereocenters. The number of alkyl halides is 1. The summed E-state index contributed by atoms with van der Waals surface area (Å²) in [6, 6.07) is 0. The van der Waals surface area contributed by atoms with Crippen LogP contribution in [0.2, 0.25) is 0 Å². The Morgan fingerprint density at radius 2 is 2.07 bits per heavy atom. The van der Waals surface area contributed by atoms with E-state index in [4.69, 9.17) is 21.1 Å². The standard InChI is InChI=1S/C12H21ClO2/c1-4-14-9-12(2,3)15-11-7-5-10(13)6-8-11/h5,7,10-11H,4,6,8-9H2,1-3H3. The highest BCUT2D eigenvalue weighted by atomic mass is 35.5. The van der Waals surface area contributed by atoms with E-state index >= 15 is 0 Å². The van der Waals surface area contributed by atoms with Gasteiger partial charge in [-0.1, -0.05) is 12.2 Å². The maximum absolute atomic E-state index is 5.97. The SMILES string of the molecule is CCOCC(C)(C)OC1C=CC(Cl)CC1. The Bertz CT molecular complexity index is 214. The highest BCUT2D eigenvalue weighted by Crippen LogP contribution is 2.23. The molecule has 0 N–H and O–H groups in total. The lowest BCUT2D eigenvalue weighted by Gasteiger charge is -2.31. The van der Waals surface area contributed by atoms with E-state index < -0.39 is 0 Å². The summed E-state index contributed by atoms with van der Waals surface area (Å²) in [5.41, 5.74) is -0.218. The van der Waals surface area contributed by atoms with Gasteiger partial charge >= 0.3 is 0 Å². The van der Waals surface area contributed by atoms with Crippen molar-refractivity contribution in [2.45, 2.75) is 50.7 Å². The van der Waals surface area contributed by atoms with Crippen LogP contribution in [0.5, 0.6) is 0 Å². The number of allylic oxidation sites excluding steroid dienone is 1. The van der Waals surface area contributed by atoms with Gasteiger partial charge in [-0.3, -0.25) is 0 Å². The van der Waals surface area contributed by atoms with E-state index in [1.807, 2.05) is 13.0 Å². The summed E-state index contributed by atoms with van der Waals surface area (Å²) in [7, 11) is 0. The molecule has 1 rings (SSSR count). The monoisotopic (exact) mass is 232 g/mol. The highest BCUT2D eigenvalue weighted by Gasteiger charge is 2.24. The highest BCUT2D eigenvalue weighted by molar-refractivity contribution is 6.21. The third-order valence-electron chi connectivity index (χ3n) is 2.39. The van der Waals surface area contributed by atoms with Gasteiger partial charge in [0.05, 0.1) is 23.7 Å². The molecule has 0 radical (unpaired) electrons. The molecule has 0 aliphatic heterocycles. The fourth-order valence-electron chi connectivity index (χ4n) is 1.65. The fraction of sp³-hybridized carbons (Fsp3) is 0.833. The summed E-state index contributed by atoms with van der Waals surface area (Å²) < 4.78 is 11.3. The predicted molar refractivity (Wildman–Crippen MR) is 63.5 cm³/mol. The van der Waals surface area contributed by atoms with Gasteiger partial charge in [-0.15, -0.1) is 11.6 Å². The second-order valence-corrected chi connectivity index (χ2v) is 5.09. The third-order valence-corrected chi connectivity index (χ3v) is 2.75. The Morgan fingerprint density at radius 1 is 1.33 bits per heavy atom. The number of hydrogen-bond acceptors (Lipinski definition) is 2. The van der Waals surface area contributed by atoms with E-state index in [0.717, 1.165) is 19.4 Å². The maximum Gasteiger partial charge on any atom is 0.0867 e. The summed E-state index contributed by atoms with van der Waals surface area (Å²) in [5.74, 6) is 0. The van der Waals surface area contributed by atoms with Crippen LogP contribution >= 0.6 is 11.6 Å². The van der Waals surface area contributed by atoms with Crippen LogP contribution < -0.4 is 0 Å². The molecular weight excluding hydrogens is 212 g/mol. The van der Waals surface area contributed by atoms with Crippen LogP contribution in [0.4, 0.5) is 0 Å². The van der Waals surface area contributed by atoms with Crippen molar-refractivity contribution in [1.82, 2.24) is 0 Å². The summed E-state index contributed by atoms with van der Waals surface area (Å²) in [6.07, 6.45) is 6.27. The van der Waals surface area contributed by atoms with E-state index in [1.54, 1.807) is 0 Å². The molecule has 3 heteroatoms. The lowest BCUT2D eigenvalue weighted by atomic mass is 10.0. The van der Waals surface area contributed by atoms with Crippen LogP contribution in [0.3, 0.4) is 0 Å². The largest absolute Gasteiger partial charge is 0.379 e. The molecular formula is C12H21ClO2. The second kappa shape index (κ2) is 5.88. The van der Waals surface area contributed by atoms with Gasteiger partial charge in [-0.05, 0) is 33.6 Å². The number of hydrogen-bond donors (Lipinski definition) is 0. The van der Waals surface area contributed by atoms with E-state index in [-0.39, 0.29) is 17.1 Å². The Hall–Kier alpha value is -0.0500. The molecule has 0 aromatic heterocycles. The Labute approximate surface area is 97.6 Å². The molecule has 1 aliphatic rings. The van der Waals surface area contributed by atoms with E-state index in [0.29, 0.717) is 6.61 Å². The van der Waals surface area contributed by atoms with Crippen LogP contribution in [0.1, 0.15) is 33.6 Å². The zero-order valence-corrected chi connectivity index (χ0v) is 10.6. The minimum absolute atomic E-state index is 0.180. The van der Waals surface area contributed by atoms with Crippen molar-refractivity contribution in [2.75, 3.05) is 13.2 Å². The molecule has 15 heavy (non-hydrogen) atoms. The minimum Gasteiger partial charge on any atom is -0.379 e. The van der Waals surface area contributed by atoms with Crippen molar-refractivity contribution < 1.29 is 9.47 Å². The van der Waals surface area contributed by atoms with Crippen molar-refractivity contribution >= 4 is 11.6 Å². The predicted octanol–water partition coefficient (Wildman–Crippen LogP) is 3.14. The molecule has 0 saturated carbocycles. The van der Waals surface area contributed by atoms with E-state index in [2.05, 4.69) is 19.9 Å². The van der Waals surface area contributed by atoms with Crippen molar-refractivity contribution in [3.05, 3.63) is 12.2 Å². The summed E-state index contributed by atoms with van der Waals surface area (Å²) in [4.78, 5) is 0. The molecule has 0 fully saturated rings. The average molecular weight is 233 g/mol. The second-order valence-electron chi connectivity index (χ2n) is 4.53. The Morgan fingerprint density at radius 3 is 2.60 bits per heavy atom. The smallest absolute Gasteiger partial charge is 0.0867 e. The molecule has 0 bridgehead atoms. The molecule has 0 aromatic carbocycles. The minimum atomic E-state index is -0.218. The van der Waals surface area contributed by atoms with E-state index in [9.17, 15) is 0 Å². The Kier molecular flexibility index (Phi) is 5.10. The molecule has 0 saturated heterocycles. The van der Waals surface area contributed by atoms with Gasteiger partial charge in [-0.2, -0.15) is 0 Å². The third kappa shape index (κ3) is 5.01. The van der Waals surface area contributed by atoms with Crippen molar-refractivity contribution in [3.8, 4) is 0 Å². The molecule has 2 atom stereocenters. The molecule has 0 spiro atoms. The molecule has 0 amide bonds. The normalized spacial score (nSPS) is 26.9. The van der Waals surface area contributed by atoms with Crippen LogP contribution in [0.15, 0.2) is 12.2 Å². The first kappa shape index (κ1) is 13.0. The fourth-order valence-corrected chi connectivity index (χ4v) is 1.86. The van der Waals surface area contributed by atoms with Gasteiger partial charge in [0.2, 0.25) is 0 Å². The number of halogens is 1. The van der Waals surface area contributed by atoms with Gasteiger partial charge in [0.15, 0.2) is 0 Å². The molecule has 2 nitrogen and oxygen atoms in total. The number of rotatable bonds is 5. The topological polar surface area (TPSA) is 18.5 Å². The molecule has 88 valence electrons. The van der Waals surface area contributed by atoms with Crippen molar-refractivity contribution in [2.24, 2.45) is 0 Å². The van der Waals surface area contributed by atoms with Crippen molar-refractivity contribution in [3.63, 3.8) is 0 Å². The lowest BCUT2D eigenvalue weighted by molar-refractivity contribution is -0.0991. The van der Waals surface area contributed by atoms with Crippen LogP contribution in [0, 0.1) is 0 Å². The summed E-state index contributed by atoms with van der Waals surface area (Å²) in [5, 5.41) is 0.180. The van der Waals surface area contributed by atoms with Crippen LogP contribution in [-0.2, 0) is 9.47 Å². The first-order valence-corrected chi connectivity index (χ1v) is 6.05. The summed E-state index contributed by atoms with van der Waals surface area (Å²) in [6.45, 7) is 7.48. The van der Waals surface area contributed by atoms with Gasteiger partial charge in [0.1, 0.15) is 0 Å². The number of ether oxygens (including phenoxy) is 2. The average Bonchev–Trinajstić information content (AvgIpc) is 2.18. The van der Waals surface area contributed by atoms with Gasteiger partial charge in [0, 0.05) is 6.61 Å². The van der Waals surface area contributed by atoms with E-state index in [1.165, 1.54) is 0 Å². The lowest BCUT2D eigenvalue weighted by Crippen LogP contribution is -2.35. The summed E-state index contributed by atoms with van der Waals surface area (Å²) >= 11 is 5.97. The molecule has 0 heterocycles. The Balaban J connectivity index is 2.36. The van der Waals surface area contributed by atoms with Crippen molar-refractivity contribution in [1.29, 1.82) is 0 Å². The zero-order valence-electron chi connectivity index (χ0n) is 9.83. The maximum atomic E-state index is 5.97. The van der Waals surface area contributed by atoms with Gasteiger partial charge in [-0.25, -0.2) is 0 Å². The van der Waals surface area contributed by atoms with Gasteiger partial charge < -0.3 is 9.47 Å². The van der Waals surface area contributed by atoms with Gasteiger partial charge in [0.25, 0.3) is 0 Å². The quantitative estimate of drug-likeness (QED) is 0.536. The molecule has 0 aromatic rings. The first-order chi connectivity index (χ1) is 7.03. The zero-order chi connectivity index (χ0) is 11.3. The molecule has 1 aliphatic carbocycles.